The summed E-state index contributed by atoms with van der Waals surface area (Å²) in [5, 5.41) is 0. The minimum Gasteiger partial charge on any atom is -0.298 e. The highest BCUT2D eigenvalue weighted by molar-refractivity contribution is 6.00. The highest BCUT2D eigenvalue weighted by atomic mass is 16.1. The molecule has 0 heterocycles. The lowest BCUT2D eigenvalue weighted by molar-refractivity contribution is 0.108. The lowest BCUT2D eigenvalue weighted by Gasteiger charge is -2.13. The summed E-state index contributed by atoms with van der Waals surface area (Å²) in [6.07, 6.45) is 1.81. The maximum absolute atomic E-state index is 10.9. The van der Waals surface area contributed by atoms with E-state index in [2.05, 4.69) is 0 Å². The van der Waals surface area contributed by atoms with Gasteiger partial charge in [0.1, 0.15) is 0 Å². The predicted molar refractivity (Wildman–Crippen MR) is 56.8 cm³/mol. The maximum Gasteiger partial charge on any atom is 0.151 e. The Morgan fingerprint density at radius 1 is 0.600 bits per heavy atom. The number of hydrogen-bond donors (Lipinski definition) is 0. The van der Waals surface area contributed by atoms with Gasteiger partial charge in [-0.2, -0.15) is 0 Å². The van der Waals surface area contributed by atoms with Gasteiger partial charge in [-0.1, -0.05) is 0 Å². The number of rotatable bonds is 3. The van der Waals surface area contributed by atoms with Crippen LogP contribution in [0.5, 0.6) is 0 Å². The number of benzene rings is 1. The van der Waals surface area contributed by atoms with Crippen LogP contribution >= 0.6 is 0 Å². The summed E-state index contributed by atoms with van der Waals surface area (Å²) in [6.45, 7) is 5.38. The normalized spacial score (nSPS) is 9.80. The second-order valence-electron chi connectivity index (χ2n) is 3.47. The zero-order valence-corrected chi connectivity index (χ0v) is 8.96. The van der Waals surface area contributed by atoms with Gasteiger partial charge in [0.25, 0.3) is 0 Å². The van der Waals surface area contributed by atoms with Crippen LogP contribution in [0.2, 0.25) is 0 Å². The Morgan fingerprint density at radius 2 is 0.933 bits per heavy atom. The Kier molecular flexibility index (Phi) is 3.14. The Bertz CT molecular complexity index is 410. The average molecular weight is 204 g/mol. The maximum atomic E-state index is 10.9. The van der Waals surface area contributed by atoms with Crippen LogP contribution in [0.3, 0.4) is 0 Å². The van der Waals surface area contributed by atoms with Gasteiger partial charge >= 0.3 is 0 Å². The van der Waals surface area contributed by atoms with Crippen molar-refractivity contribution in [3.63, 3.8) is 0 Å². The van der Waals surface area contributed by atoms with Crippen LogP contribution < -0.4 is 0 Å². The van der Waals surface area contributed by atoms with Crippen LogP contribution in [0.15, 0.2) is 0 Å². The molecule has 0 fully saturated rings. The van der Waals surface area contributed by atoms with Crippen molar-refractivity contribution in [3.05, 3.63) is 33.4 Å². The molecule has 3 nitrogen and oxygen atoms in total. The summed E-state index contributed by atoms with van der Waals surface area (Å²) in [7, 11) is 0. The third-order valence-electron chi connectivity index (χ3n) is 2.87. The lowest BCUT2D eigenvalue weighted by Crippen LogP contribution is -2.06. The molecule has 3 heteroatoms. The first-order valence-corrected chi connectivity index (χ1v) is 4.57. The van der Waals surface area contributed by atoms with Crippen LogP contribution in [-0.2, 0) is 0 Å². The first-order valence-electron chi connectivity index (χ1n) is 4.57. The third-order valence-corrected chi connectivity index (χ3v) is 2.87. The molecule has 0 atom stereocenters. The molecular weight excluding hydrogens is 192 g/mol. The Morgan fingerprint density at radius 3 is 1.20 bits per heavy atom. The first kappa shape index (κ1) is 11.3. The second kappa shape index (κ2) is 4.17. The fourth-order valence-corrected chi connectivity index (χ4v) is 1.67. The van der Waals surface area contributed by atoms with Crippen LogP contribution in [0.25, 0.3) is 0 Å². The molecule has 0 N–H and O–H groups in total. The van der Waals surface area contributed by atoms with E-state index in [1.165, 1.54) is 0 Å². The molecule has 0 bridgehead atoms. The van der Waals surface area contributed by atoms with E-state index in [-0.39, 0.29) is 5.56 Å². The van der Waals surface area contributed by atoms with E-state index in [0.29, 0.717) is 30.0 Å². The fraction of sp³-hybridized carbons (Fsp3) is 0.250. The summed E-state index contributed by atoms with van der Waals surface area (Å²) in [5.41, 5.74) is 3.22. The van der Waals surface area contributed by atoms with E-state index in [0.717, 1.165) is 16.7 Å². The zero-order chi connectivity index (χ0) is 11.6. The molecule has 0 saturated heterocycles. The van der Waals surface area contributed by atoms with E-state index in [9.17, 15) is 14.4 Å². The molecular formula is C12H12O3. The molecule has 0 amide bonds. The molecule has 15 heavy (non-hydrogen) atoms. The van der Waals surface area contributed by atoms with Crippen LogP contribution in [0, 0.1) is 20.8 Å². The summed E-state index contributed by atoms with van der Waals surface area (Å²) in [4.78, 5) is 32.6. The van der Waals surface area contributed by atoms with Crippen molar-refractivity contribution in [2.24, 2.45) is 0 Å². The van der Waals surface area contributed by atoms with Crippen molar-refractivity contribution in [1.29, 1.82) is 0 Å². The second-order valence-corrected chi connectivity index (χ2v) is 3.47. The molecule has 0 aliphatic heterocycles. The molecule has 0 radical (unpaired) electrons. The monoisotopic (exact) mass is 204 g/mol. The highest BCUT2D eigenvalue weighted by Gasteiger charge is 2.15. The largest absolute Gasteiger partial charge is 0.298 e. The smallest absolute Gasteiger partial charge is 0.151 e. The van der Waals surface area contributed by atoms with Crippen LogP contribution in [-0.4, -0.2) is 18.9 Å². The Labute approximate surface area is 88.1 Å². The van der Waals surface area contributed by atoms with Gasteiger partial charge in [0.2, 0.25) is 0 Å². The van der Waals surface area contributed by atoms with Gasteiger partial charge in [-0.15, -0.1) is 0 Å². The highest BCUT2D eigenvalue weighted by Crippen LogP contribution is 2.23. The van der Waals surface area contributed by atoms with E-state index < -0.39 is 0 Å². The van der Waals surface area contributed by atoms with Crippen molar-refractivity contribution in [2.45, 2.75) is 20.8 Å². The lowest BCUT2D eigenvalue weighted by atomic mass is 9.90. The van der Waals surface area contributed by atoms with Crippen LogP contribution in [0.4, 0.5) is 0 Å². The van der Waals surface area contributed by atoms with E-state index in [1.807, 2.05) is 6.92 Å². The predicted octanol–water partition coefficient (Wildman–Crippen LogP) is 2.05. The quantitative estimate of drug-likeness (QED) is 0.708. The van der Waals surface area contributed by atoms with Gasteiger partial charge in [-0.05, 0) is 37.5 Å². The molecule has 1 aromatic carbocycles. The third kappa shape index (κ3) is 1.61. The molecule has 0 aromatic heterocycles. The van der Waals surface area contributed by atoms with Gasteiger partial charge in [-0.25, -0.2) is 0 Å². The van der Waals surface area contributed by atoms with Crippen molar-refractivity contribution < 1.29 is 14.4 Å². The van der Waals surface area contributed by atoms with E-state index in [1.54, 1.807) is 13.8 Å². The zero-order valence-electron chi connectivity index (χ0n) is 8.96. The first-order chi connectivity index (χ1) is 7.08. The van der Waals surface area contributed by atoms with Crippen LogP contribution in [0.1, 0.15) is 47.8 Å². The minimum absolute atomic E-state index is 0.195. The molecule has 0 unspecified atom stereocenters. The topological polar surface area (TPSA) is 51.2 Å². The molecule has 0 aliphatic carbocycles. The summed E-state index contributed by atoms with van der Waals surface area (Å²) < 4.78 is 0. The van der Waals surface area contributed by atoms with E-state index in [4.69, 9.17) is 0 Å². The van der Waals surface area contributed by atoms with Gasteiger partial charge in [0, 0.05) is 16.7 Å². The molecule has 78 valence electrons. The van der Waals surface area contributed by atoms with Gasteiger partial charge in [0.05, 0.1) is 0 Å². The standard InChI is InChI=1S/C12H12O3/c1-7-8(2)10(4-13)12(6-15)11(5-14)9(7)3/h4-6H,1-3H3. The van der Waals surface area contributed by atoms with Gasteiger partial charge in [-0.3, -0.25) is 14.4 Å². The van der Waals surface area contributed by atoms with Crippen molar-refractivity contribution in [2.75, 3.05) is 0 Å². The van der Waals surface area contributed by atoms with Crippen molar-refractivity contribution in [1.82, 2.24) is 0 Å². The Balaban J connectivity index is 3.81. The summed E-state index contributed by atoms with van der Waals surface area (Å²) >= 11 is 0. The minimum atomic E-state index is 0.195. The average Bonchev–Trinajstić information content (AvgIpc) is 2.25. The SMILES string of the molecule is Cc1c(C)c(C=O)c(C=O)c(C=O)c1C. The molecule has 1 rings (SSSR count). The van der Waals surface area contributed by atoms with E-state index >= 15 is 0 Å². The number of carbonyl (C=O) groups excluding carboxylic acids is 3. The number of hydrogen-bond acceptors (Lipinski definition) is 3. The van der Waals surface area contributed by atoms with Gasteiger partial charge < -0.3 is 0 Å². The number of carbonyl (C=O) groups is 3. The number of aldehydes is 3. The summed E-state index contributed by atoms with van der Waals surface area (Å²) in [6, 6.07) is 0. The van der Waals surface area contributed by atoms with Gasteiger partial charge in [0.15, 0.2) is 18.9 Å². The van der Waals surface area contributed by atoms with Crippen molar-refractivity contribution >= 4 is 18.9 Å². The fourth-order valence-electron chi connectivity index (χ4n) is 1.67. The summed E-state index contributed by atoms with van der Waals surface area (Å²) in [5.74, 6) is 0. The molecule has 0 aliphatic rings. The Hall–Kier alpha value is -1.77. The molecule has 1 aromatic rings. The molecule has 0 spiro atoms. The molecule has 0 saturated carbocycles. The van der Waals surface area contributed by atoms with Crippen molar-refractivity contribution in [3.8, 4) is 0 Å².